The van der Waals surface area contributed by atoms with E-state index < -0.39 is 5.60 Å². The molecule has 0 bridgehead atoms. The van der Waals surface area contributed by atoms with Gasteiger partial charge in [-0.3, -0.25) is 0 Å². The minimum Gasteiger partial charge on any atom is -0.393 e. The van der Waals surface area contributed by atoms with Gasteiger partial charge in [0.05, 0.1) is 24.4 Å². The molecular formula is C28H46O4. The van der Waals surface area contributed by atoms with E-state index in [4.69, 9.17) is 9.47 Å². The topological polar surface area (TPSA) is 58.9 Å². The quantitative estimate of drug-likeness (QED) is 0.540. The summed E-state index contributed by atoms with van der Waals surface area (Å²) in [6, 6.07) is 0. The molecule has 0 aromatic rings. The van der Waals surface area contributed by atoms with Gasteiger partial charge in [0.25, 0.3) is 0 Å². The summed E-state index contributed by atoms with van der Waals surface area (Å²) >= 11 is 0. The predicted octanol–water partition coefficient (Wildman–Crippen LogP) is 5.15. The molecule has 2 N–H and O–H groups in total. The Balaban J connectivity index is 1.30. The van der Waals surface area contributed by atoms with Crippen molar-refractivity contribution in [2.24, 2.45) is 52.3 Å². The highest BCUT2D eigenvalue weighted by Gasteiger charge is 2.71. The fourth-order valence-corrected chi connectivity index (χ4v) is 10.7. The Kier molecular flexibility index (Phi) is 4.85. The van der Waals surface area contributed by atoms with E-state index in [0.717, 1.165) is 32.3 Å². The van der Waals surface area contributed by atoms with Crippen LogP contribution in [0, 0.1) is 52.3 Å². The van der Waals surface area contributed by atoms with Crippen LogP contribution in [0.25, 0.3) is 0 Å². The minimum atomic E-state index is -0.714. The standard InChI is InChI=1S/C28H46O4/c1-16-6-11-28(31-15-16)18(3)24-23(32-28)13-22-20-12-17(2)27(30)14-19(29)7-10-26(27,5)21(20)8-9-25(22,24)4/h16-24,29-30H,6-15H2,1-5H3/t16-,17+,18+,19+,20-,21+,22+,23+,24+,25+,26-,27+,28-/m1/s1. The summed E-state index contributed by atoms with van der Waals surface area (Å²) in [6.07, 6.45) is 9.42. The number of hydrogen-bond acceptors (Lipinski definition) is 4. The smallest absolute Gasteiger partial charge is 0.171 e. The van der Waals surface area contributed by atoms with E-state index in [-0.39, 0.29) is 23.2 Å². The van der Waals surface area contributed by atoms with Crippen LogP contribution < -0.4 is 0 Å². The molecule has 0 radical (unpaired) electrons. The molecule has 6 fully saturated rings. The summed E-state index contributed by atoms with van der Waals surface area (Å²) in [5.74, 6) is 3.56. The molecule has 4 heteroatoms. The molecule has 182 valence electrons. The molecule has 2 heterocycles. The van der Waals surface area contributed by atoms with Crippen LogP contribution in [0.3, 0.4) is 0 Å². The Morgan fingerprint density at radius 1 is 0.906 bits per heavy atom. The van der Waals surface area contributed by atoms with Gasteiger partial charge >= 0.3 is 0 Å². The normalized spacial score (nSPS) is 64.0. The summed E-state index contributed by atoms with van der Waals surface area (Å²) < 4.78 is 13.4. The highest BCUT2D eigenvalue weighted by atomic mass is 16.7. The number of aliphatic hydroxyl groups is 2. The van der Waals surface area contributed by atoms with Crippen molar-refractivity contribution >= 4 is 0 Å². The number of aliphatic hydroxyl groups excluding tert-OH is 1. The van der Waals surface area contributed by atoms with Crippen LogP contribution in [-0.2, 0) is 9.47 Å². The second kappa shape index (κ2) is 6.95. The molecule has 13 atom stereocenters. The first-order valence-electron chi connectivity index (χ1n) is 13.8. The van der Waals surface area contributed by atoms with Crippen molar-refractivity contribution in [1.29, 1.82) is 0 Å². The van der Waals surface area contributed by atoms with Crippen LogP contribution in [0.2, 0.25) is 0 Å². The van der Waals surface area contributed by atoms with Crippen molar-refractivity contribution < 1.29 is 19.7 Å². The van der Waals surface area contributed by atoms with Crippen LogP contribution in [0.4, 0.5) is 0 Å². The molecule has 4 saturated carbocycles. The van der Waals surface area contributed by atoms with Crippen LogP contribution in [-0.4, -0.2) is 40.4 Å². The number of ether oxygens (including phenoxy) is 2. The highest BCUT2D eigenvalue weighted by Crippen LogP contribution is 2.72. The molecule has 6 rings (SSSR count). The Morgan fingerprint density at radius 3 is 2.41 bits per heavy atom. The molecule has 0 aromatic heterocycles. The van der Waals surface area contributed by atoms with E-state index in [0.29, 0.717) is 53.4 Å². The van der Waals surface area contributed by atoms with Gasteiger partial charge in [-0.25, -0.2) is 0 Å². The third-order valence-corrected chi connectivity index (χ3v) is 12.5. The van der Waals surface area contributed by atoms with Crippen LogP contribution >= 0.6 is 0 Å². The lowest BCUT2D eigenvalue weighted by atomic mass is 9.41. The van der Waals surface area contributed by atoms with Crippen LogP contribution in [0.1, 0.15) is 92.4 Å². The molecule has 2 saturated heterocycles. The SMILES string of the molecule is C[C@@H]1CC[C@@]2(OC1)O[C@H]1C[C@H]3[C@@H]4C[C@H](C)[C@@]5(O)C[C@@H](O)CC[C@]5(C)[C@H]4CC[C@]3(C)[C@H]1[C@@H]2C. The molecule has 4 nitrogen and oxygen atoms in total. The Bertz CT molecular complexity index is 761. The van der Waals surface area contributed by atoms with Crippen molar-refractivity contribution in [2.75, 3.05) is 6.61 Å². The lowest BCUT2D eigenvalue weighted by Gasteiger charge is -2.66. The minimum absolute atomic E-state index is 0.0656. The fraction of sp³-hybridized carbons (Fsp3) is 1.00. The van der Waals surface area contributed by atoms with Gasteiger partial charge in [-0.1, -0.05) is 34.6 Å². The Hall–Kier alpha value is -0.160. The van der Waals surface area contributed by atoms with E-state index in [2.05, 4.69) is 34.6 Å². The van der Waals surface area contributed by atoms with Crippen LogP contribution in [0.15, 0.2) is 0 Å². The molecule has 1 spiro atoms. The van der Waals surface area contributed by atoms with E-state index in [1.165, 1.54) is 25.7 Å². The van der Waals surface area contributed by atoms with E-state index in [1.807, 2.05) is 0 Å². The van der Waals surface area contributed by atoms with Gasteiger partial charge in [-0.05, 0) is 91.3 Å². The Morgan fingerprint density at radius 2 is 1.69 bits per heavy atom. The largest absolute Gasteiger partial charge is 0.393 e. The number of rotatable bonds is 0. The number of hydrogen-bond donors (Lipinski definition) is 2. The van der Waals surface area contributed by atoms with Gasteiger partial charge in [0.1, 0.15) is 0 Å². The molecule has 0 unspecified atom stereocenters. The van der Waals surface area contributed by atoms with Gasteiger partial charge in [-0.15, -0.1) is 0 Å². The summed E-state index contributed by atoms with van der Waals surface area (Å²) in [5.41, 5.74) is -0.459. The third kappa shape index (κ3) is 2.65. The first-order chi connectivity index (χ1) is 15.0. The average molecular weight is 447 g/mol. The van der Waals surface area contributed by atoms with E-state index >= 15 is 0 Å². The zero-order chi connectivity index (χ0) is 22.7. The first-order valence-corrected chi connectivity index (χ1v) is 13.8. The highest BCUT2D eigenvalue weighted by molar-refractivity contribution is 5.19. The van der Waals surface area contributed by atoms with Crippen molar-refractivity contribution in [2.45, 2.75) is 116 Å². The van der Waals surface area contributed by atoms with Crippen molar-refractivity contribution in [3.05, 3.63) is 0 Å². The first kappa shape index (κ1) is 22.3. The average Bonchev–Trinajstić information content (AvgIpc) is 3.18. The van der Waals surface area contributed by atoms with Crippen LogP contribution in [0.5, 0.6) is 0 Å². The van der Waals surface area contributed by atoms with Gasteiger partial charge in [0.15, 0.2) is 5.79 Å². The van der Waals surface area contributed by atoms with Crippen molar-refractivity contribution in [1.82, 2.24) is 0 Å². The lowest BCUT2D eigenvalue weighted by molar-refractivity contribution is -0.276. The Labute approximate surface area is 194 Å². The third-order valence-electron chi connectivity index (χ3n) is 12.5. The van der Waals surface area contributed by atoms with Crippen molar-refractivity contribution in [3.8, 4) is 0 Å². The van der Waals surface area contributed by atoms with E-state index in [1.54, 1.807) is 0 Å². The fourth-order valence-electron chi connectivity index (χ4n) is 10.7. The van der Waals surface area contributed by atoms with Crippen molar-refractivity contribution in [3.63, 3.8) is 0 Å². The zero-order valence-corrected chi connectivity index (χ0v) is 21.0. The maximum Gasteiger partial charge on any atom is 0.171 e. The molecular weight excluding hydrogens is 400 g/mol. The summed E-state index contributed by atoms with van der Waals surface area (Å²) in [4.78, 5) is 0. The van der Waals surface area contributed by atoms with E-state index in [9.17, 15) is 10.2 Å². The molecule has 32 heavy (non-hydrogen) atoms. The molecule has 0 aromatic carbocycles. The number of fused-ring (bicyclic) bond motifs is 7. The second-order valence-electron chi connectivity index (χ2n) is 13.8. The summed E-state index contributed by atoms with van der Waals surface area (Å²) in [6.45, 7) is 12.8. The van der Waals surface area contributed by atoms with Gasteiger partial charge in [0, 0.05) is 18.8 Å². The monoisotopic (exact) mass is 446 g/mol. The second-order valence-corrected chi connectivity index (χ2v) is 13.8. The summed E-state index contributed by atoms with van der Waals surface area (Å²) in [5, 5.41) is 22.3. The maximum atomic E-state index is 11.9. The van der Waals surface area contributed by atoms with Gasteiger partial charge in [-0.2, -0.15) is 0 Å². The molecule has 2 aliphatic heterocycles. The van der Waals surface area contributed by atoms with Gasteiger partial charge in [0.2, 0.25) is 0 Å². The predicted molar refractivity (Wildman–Crippen MR) is 124 cm³/mol. The van der Waals surface area contributed by atoms with Gasteiger partial charge < -0.3 is 19.7 Å². The molecule has 4 aliphatic carbocycles. The maximum absolute atomic E-state index is 11.9. The summed E-state index contributed by atoms with van der Waals surface area (Å²) in [7, 11) is 0. The molecule has 0 amide bonds. The zero-order valence-electron chi connectivity index (χ0n) is 21.0. The molecule has 6 aliphatic rings. The lowest BCUT2D eigenvalue weighted by Crippen LogP contribution is -2.66.